The van der Waals surface area contributed by atoms with Crippen LogP contribution in [-0.2, 0) is 0 Å². The molecule has 1 fully saturated rings. The molecule has 2 N–H and O–H groups in total. The number of amides is 2. The van der Waals surface area contributed by atoms with E-state index in [-0.39, 0.29) is 36.2 Å². The minimum atomic E-state index is -4.54. The molecule has 0 saturated carbocycles. The number of alkyl halides is 4. The van der Waals surface area contributed by atoms with E-state index in [1.807, 2.05) is 5.32 Å². The molecule has 2 amide bonds. The number of unbranched alkanes of at least 4 members (excludes halogenated alkanes) is 3. The number of aromatic nitrogens is 3. The van der Waals surface area contributed by atoms with Crippen LogP contribution in [0.4, 0.5) is 17.6 Å². The lowest BCUT2D eigenvalue weighted by Crippen LogP contribution is -2.33. The van der Waals surface area contributed by atoms with Crippen molar-refractivity contribution in [3.8, 4) is 11.4 Å². The SMILES string of the molecule is O=C(NCC(F)(F)F)c1ccc(-n2cc(C(=O)NCCN3CCCC3)nn2)c(OCCCCCCF)c1. The first-order valence-corrected chi connectivity index (χ1v) is 12.4. The predicted molar refractivity (Wildman–Crippen MR) is 128 cm³/mol. The van der Waals surface area contributed by atoms with Crippen molar-refractivity contribution in [3.05, 3.63) is 35.7 Å². The number of carbonyl (C=O) groups excluding carboxylic acids is 2. The van der Waals surface area contributed by atoms with Crippen molar-refractivity contribution in [1.29, 1.82) is 0 Å². The minimum absolute atomic E-state index is 0.0274. The number of hydrogen-bond acceptors (Lipinski definition) is 6. The number of benzene rings is 1. The average molecular weight is 529 g/mol. The Hall–Kier alpha value is -3.22. The fourth-order valence-electron chi connectivity index (χ4n) is 3.88. The van der Waals surface area contributed by atoms with Gasteiger partial charge < -0.3 is 20.3 Å². The molecule has 1 aromatic heterocycles. The van der Waals surface area contributed by atoms with E-state index in [9.17, 15) is 27.2 Å². The topological polar surface area (TPSA) is 101 Å². The summed E-state index contributed by atoms with van der Waals surface area (Å²) in [4.78, 5) is 27.0. The van der Waals surface area contributed by atoms with Gasteiger partial charge in [-0.3, -0.25) is 14.0 Å². The third-order valence-corrected chi connectivity index (χ3v) is 5.84. The number of carbonyl (C=O) groups is 2. The Labute approximate surface area is 212 Å². The van der Waals surface area contributed by atoms with Gasteiger partial charge in [-0.15, -0.1) is 5.10 Å². The molecule has 1 saturated heterocycles. The van der Waals surface area contributed by atoms with Gasteiger partial charge in [0.2, 0.25) is 0 Å². The zero-order valence-electron chi connectivity index (χ0n) is 20.5. The highest BCUT2D eigenvalue weighted by Gasteiger charge is 2.28. The molecular formula is C24H32F4N6O3. The number of nitrogens with zero attached hydrogens (tertiary/aromatic N) is 4. The lowest BCUT2D eigenvalue weighted by atomic mass is 10.1. The summed E-state index contributed by atoms with van der Waals surface area (Å²) < 4.78 is 56.9. The highest BCUT2D eigenvalue weighted by molar-refractivity contribution is 5.95. The summed E-state index contributed by atoms with van der Waals surface area (Å²) >= 11 is 0. The number of hydrogen-bond donors (Lipinski definition) is 2. The number of rotatable bonds is 14. The number of nitrogens with one attached hydrogen (secondary N) is 2. The minimum Gasteiger partial charge on any atom is -0.491 e. The fraction of sp³-hybridized carbons (Fsp3) is 0.583. The van der Waals surface area contributed by atoms with Crippen LogP contribution in [-0.4, -0.2) is 83.9 Å². The van der Waals surface area contributed by atoms with Crippen LogP contribution in [0.1, 0.15) is 59.4 Å². The summed E-state index contributed by atoms with van der Waals surface area (Å²) in [6.07, 6.45) is 1.70. The summed E-state index contributed by atoms with van der Waals surface area (Å²) in [5.74, 6) is -1.10. The van der Waals surface area contributed by atoms with Crippen molar-refractivity contribution in [2.75, 3.05) is 46.0 Å². The Kier molecular flexibility index (Phi) is 10.7. The van der Waals surface area contributed by atoms with E-state index < -0.39 is 18.6 Å². The van der Waals surface area contributed by atoms with Gasteiger partial charge in [0.25, 0.3) is 11.8 Å². The predicted octanol–water partition coefficient (Wildman–Crippen LogP) is 3.29. The summed E-state index contributed by atoms with van der Waals surface area (Å²) in [5.41, 5.74) is 0.422. The van der Waals surface area contributed by atoms with Gasteiger partial charge in [-0.05, 0) is 63.4 Å². The molecule has 0 radical (unpaired) electrons. The first kappa shape index (κ1) is 28.4. The van der Waals surface area contributed by atoms with Crippen molar-refractivity contribution < 1.29 is 31.9 Å². The Morgan fingerprint density at radius 3 is 2.51 bits per heavy atom. The first-order valence-electron chi connectivity index (χ1n) is 12.4. The number of halogens is 4. The lowest BCUT2D eigenvalue weighted by Gasteiger charge is -2.14. The van der Waals surface area contributed by atoms with Crippen molar-refractivity contribution in [1.82, 2.24) is 30.5 Å². The average Bonchev–Trinajstić information content (AvgIpc) is 3.57. The maximum atomic E-state index is 12.5. The second-order valence-corrected chi connectivity index (χ2v) is 8.79. The highest BCUT2D eigenvalue weighted by atomic mass is 19.4. The Balaban J connectivity index is 1.68. The zero-order chi connectivity index (χ0) is 26.7. The van der Waals surface area contributed by atoms with Gasteiger partial charge in [0, 0.05) is 18.7 Å². The van der Waals surface area contributed by atoms with Crippen LogP contribution in [0.3, 0.4) is 0 Å². The molecule has 2 aromatic rings. The smallest absolute Gasteiger partial charge is 0.405 e. The molecule has 3 rings (SSSR count). The lowest BCUT2D eigenvalue weighted by molar-refractivity contribution is -0.123. The van der Waals surface area contributed by atoms with E-state index in [0.29, 0.717) is 31.5 Å². The highest BCUT2D eigenvalue weighted by Crippen LogP contribution is 2.25. The Morgan fingerprint density at radius 2 is 1.78 bits per heavy atom. The number of likely N-dealkylation sites (tertiary alicyclic amines) is 1. The second-order valence-electron chi connectivity index (χ2n) is 8.79. The van der Waals surface area contributed by atoms with Crippen molar-refractivity contribution in [3.63, 3.8) is 0 Å². The zero-order valence-corrected chi connectivity index (χ0v) is 20.5. The molecule has 9 nitrogen and oxygen atoms in total. The van der Waals surface area contributed by atoms with Crippen LogP contribution in [0.2, 0.25) is 0 Å². The molecule has 1 aliphatic heterocycles. The van der Waals surface area contributed by atoms with Gasteiger partial charge in [0.1, 0.15) is 18.0 Å². The van der Waals surface area contributed by atoms with Crippen molar-refractivity contribution >= 4 is 11.8 Å². The molecule has 1 aliphatic rings. The van der Waals surface area contributed by atoms with Gasteiger partial charge >= 0.3 is 6.18 Å². The van der Waals surface area contributed by atoms with Crippen LogP contribution >= 0.6 is 0 Å². The third kappa shape index (κ3) is 9.30. The largest absolute Gasteiger partial charge is 0.491 e. The monoisotopic (exact) mass is 528 g/mol. The summed E-state index contributed by atoms with van der Waals surface area (Å²) in [6.45, 7) is 1.67. The Bertz CT molecular complexity index is 1020. The van der Waals surface area contributed by atoms with Gasteiger partial charge in [0.15, 0.2) is 5.69 Å². The van der Waals surface area contributed by atoms with E-state index in [1.54, 1.807) is 0 Å². The Morgan fingerprint density at radius 1 is 1.03 bits per heavy atom. The van der Waals surface area contributed by atoms with Crippen molar-refractivity contribution in [2.45, 2.75) is 44.7 Å². The molecule has 0 unspecified atom stereocenters. The fourth-order valence-corrected chi connectivity index (χ4v) is 3.88. The van der Waals surface area contributed by atoms with Crippen LogP contribution in [0.25, 0.3) is 5.69 Å². The molecule has 0 aliphatic carbocycles. The molecule has 0 spiro atoms. The molecule has 204 valence electrons. The van der Waals surface area contributed by atoms with E-state index in [2.05, 4.69) is 20.5 Å². The standard InChI is InChI=1S/C24H32F4N6O3/c25-9-3-1-2-6-14-37-21-15-18(22(35)30-17-24(26,27)28)7-8-20(21)34-16-19(31-32-34)23(36)29-10-13-33-11-4-5-12-33/h7-8,15-16H,1-6,9-14,17H2,(H,29,36)(H,30,35). The summed E-state index contributed by atoms with van der Waals surface area (Å²) in [5, 5.41) is 12.6. The van der Waals surface area contributed by atoms with Gasteiger partial charge in [-0.25, -0.2) is 4.68 Å². The molecule has 37 heavy (non-hydrogen) atoms. The second kappa shape index (κ2) is 13.9. The number of ether oxygens (including phenoxy) is 1. The summed E-state index contributed by atoms with van der Waals surface area (Å²) in [7, 11) is 0. The summed E-state index contributed by atoms with van der Waals surface area (Å²) in [6, 6.07) is 4.12. The molecule has 0 atom stereocenters. The van der Waals surface area contributed by atoms with Crippen LogP contribution in [0.15, 0.2) is 24.4 Å². The first-order chi connectivity index (χ1) is 17.8. The quantitative estimate of drug-likeness (QED) is 0.288. The molecule has 0 bridgehead atoms. The van der Waals surface area contributed by atoms with E-state index in [4.69, 9.17) is 4.74 Å². The normalized spacial score (nSPS) is 14.1. The van der Waals surface area contributed by atoms with Crippen LogP contribution in [0.5, 0.6) is 5.75 Å². The maximum absolute atomic E-state index is 12.5. The van der Waals surface area contributed by atoms with E-state index in [1.165, 1.54) is 29.1 Å². The third-order valence-electron chi connectivity index (χ3n) is 5.84. The van der Waals surface area contributed by atoms with Gasteiger partial charge in [0.05, 0.1) is 19.5 Å². The molecule has 13 heteroatoms. The molecule has 1 aromatic carbocycles. The van der Waals surface area contributed by atoms with Gasteiger partial charge in [-0.1, -0.05) is 11.6 Å². The van der Waals surface area contributed by atoms with E-state index in [0.717, 1.165) is 38.9 Å². The molecule has 2 heterocycles. The van der Waals surface area contributed by atoms with Crippen molar-refractivity contribution in [2.24, 2.45) is 0 Å². The molecular weight excluding hydrogens is 496 g/mol. The maximum Gasteiger partial charge on any atom is 0.405 e. The van der Waals surface area contributed by atoms with Crippen LogP contribution in [0, 0.1) is 0 Å². The van der Waals surface area contributed by atoms with Crippen LogP contribution < -0.4 is 15.4 Å². The van der Waals surface area contributed by atoms with Gasteiger partial charge in [-0.2, -0.15) is 13.2 Å². The van der Waals surface area contributed by atoms with E-state index >= 15 is 0 Å².